The van der Waals surface area contributed by atoms with Crippen LogP contribution < -0.4 is 4.74 Å². The molecule has 0 aliphatic heterocycles. The van der Waals surface area contributed by atoms with Crippen LogP contribution in [0.5, 0.6) is 5.75 Å². The molecule has 1 atom stereocenters. The zero-order valence-electron chi connectivity index (χ0n) is 12.9. The lowest BCUT2D eigenvalue weighted by Gasteiger charge is -2.13. The van der Waals surface area contributed by atoms with E-state index in [1.54, 1.807) is 0 Å². The largest absolute Gasteiger partial charge is 0.489 e. The average Bonchev–Trinajstić information content (AvgIpc) is 2.48. The van der Waals surface area contributed by atoms with E-state index in [0.29, 0.717) is 5.02 Å². The summed E-state index contributed by atoms with van der Waals surface area (Å²) >= 11 is 8.58. The first-order valence-electron chi connectivity index (χ1n) is 7.26. The maximum Gasteiger partial charge on any atom is 0.138 e. The van der Waals surface area contributed by atoms with Crippen LogP contribution in [0.3, 0.4) is 0 Å². The van der Waals surface area contributed by atoms with Gasteiger partial charge < -0.3 is 4.74 Å². The molecule has 116 valence electrons. The van der Waals surface area contributed by atoms with Crippen molar-refractivity contribution in [3.8, 4) is 5.75 Å². The lowest BCUT2D eigenvalue weighted by molar-refractivity contribution is 0.217. The van der Waals surface area contributed by atoms with Crippen LogP contribution in [0.2, 0.25) is 5.02 Å². The molecule has 4 heteroatoms. The van der Waals surface area contributed by atoms with Gasteiger partial charge in [-0.1, -0.05) is 18.5 Å². The van der Waals surface area contributed by atoms with E-state index >= 15 is 0 Å². The number of ether oxygens (including phenoxy) is 1. The fourth-order valence-electron chi connectivity index (χ4n) is 1.90. The minimum absolute atomic E-state index is 0.159. The highest BCUT2D eigenvalue weighted by atomic mass is 127. The zero-order chi connectivity index (χ0) is 16.1. The second-order valence-corrected chi connectivity index (χ2v) is 6.87. The molecule has 2 aromatic carbocycles. The Labute approximate surface area is 150 Å². The van der Waals surface area contributed by atoms with Gasteiger partial charge in [0.2, 0.25) is 0 Å². The highest BCUT2D eigenvalue weighted by molar-refractivity contribution is 14.1. The maximum absolute atomic E-state index is 6.28. The first kappa shape index (κ1) is 17.3. The van der Waals surface area contributed by atoms with Crippen molar-refractivity contribution in [1.29, 1.82) is 0 Å². The van der Waals surface area contributed by atoms with Crippen LogP contribution in [0.25, 0.3) is 0 Å². The molecule has 0 fully saturated rings. The molecule has 0 spiro atoms. The van der Waals surface area contributed by atoms with Crippen molar-refractivity contribution in [2.45, 2.75) is 33.3 Å². The van der Waals surface area contributed by atoms with Gasteiger partial charge in [0.15, 0.2) is 0 Å². The van der Waals surface area contributed by atoms with Crippen LogP contribution in [-0.2, 0) is 0 Å². The molecule has 2 nitrogen and oxygen atoms in total. The predicted molar refractivity (Wildman–Crippen MR) is 103 cm³/mol. The molecule has 0 saturated heterocycles. The fraction of sp³-hybridized carbons (Fsp3) is 0.278. The second kappa shape index (κ2) is 7.97. The standard InChI is InChI=1S/C18H19ClINO/c1-4-13(3)22-18-8-5-14(10-16(18)19)11-21-17-7-6-15(20)9-12(17)2/h5-11,13H,4H2,1-3H3/t13-/m0/s1. The fourth-order valence-corrected chi connectivity index (χ4v) is 2.78. The van der Waals surface area contributed by atoms with Gasteiger partial charge in [-0.3, -0.25) is 4.99 Å². The molecule has 0 aromatic heterocycles. The number of aryl methyl sites for hydroxylation is 1. The molecule has 0 unspecified atom stereocenters. The van der Waals surface area contributed by atoms with E-state index < -0.39 is 0 Å². The van der Waals surface area contributed by atoms with E-state index in [1.807, 2.05) is 37.4 Å². The number of aliphatic imine (C=N–C) groups is 1. The molecule has 0 aliphatic carbocycles. The highest BCUT2D eigenvalue weighted by Gasteiger charge is 2.06. The topological polar surface area (TPSA) is 21.6 Å². The van der Waals surface area contributed by atoms with E-state index in [-0.39, 0.29) is 6.10 Å². The van der Waals surface area contributed by atoms with Crippen molar-refractivity contribution < 1.29 is 4.74 Å². The lowest BCUT2D eigenvalue weighted by Crippen LogP contribution is -2.09. The minimum Gasteiger partial charge on any atom is -0.489 e. The first-order valence-corrected chi connectivity index (χ1v) is 8.71. The van der Waals surface area contributed by atoms with Crippen molar-refractivity contribution >= 4 is 46.1 Å². The Kier molecular flexibility index (Phi) is 6.26. The molecule has 2 aromatic rings. The Morgan fingerprint density at radius 3 is 2.68 bits per heavy atom. The van der Waals surface area contributed by atoms with Gasteiger partial charge in [-0.05, 0) is 90.4 Å². The molecule has 22 heavy (non-hydrogen) atoms. The summed E-state index contributed by atoms with van der Waals surface area (Å²) in [7, 11) is 0. The van der Waals surface area contributed by atoms with Gasteiger partial charge in [-0.25, -0.2) is 0 Å². The summed E-state index contributed by atoms with van der Waals surface area (Å²) in [4.78, 5) is 4.54. The van der Waals surface area contributed by atoms with Crippen LogP contribution in [-0.4, -0.2) is 12.3 Å². The summed E-state index contributed by atoms with van der Waals surface area (Å²) in [5.74, 6) is 0.721. The van der Waals surface area contributed by atoms with Crippen molar-refractivity contribution in [1.82, 2.24) is 0 Å². The molecule has 0 bridgehead atoms. The average molecular weight is 428 g/mol. The number of hydrogen-bond donors (Lipinski definition) is 0. The third-order valence-electron chi connectivity index (χ3n) is 3.37. The van der Waals surface area contributed by atoms with Crippen LogP contribution in [0, 0.1) is 10.5 Å². The molecule has 0 aliphatic rings. The molecule has 0 radical (unpaired) electrons. The van der Waals surface area contributed by atoms with E-state index in [0.717, 1.165) is 29.0 Å². The van der Waals surface area contributed by atoms with Gasteiger partial charge in [0.05, 0.1) is 16.8 Å². The van der Waals surface area contributed by atoms with Crippen molar-refractivity contribution in [2.24, 2.45) is 4.99 Å². The van der Waals surface area contributed by atoms with E-state index in [4.69, 9.17) is 16.3 Å². The summed E-state index contributed by atoms with van der Waals surface area (Å²) in [6.45, 7) is 6.18. The molecule has 0 heterocycles. The molecular weight excluding hydrogens is 409 g/mol. The normalized spacial score (nSPS) is 12.6. The van der Waals surface area contributed by atoms with E-state index in [1.165, 1.54) is 3.57 Å². The molecular formula is C18H19ClINO. The third kappa shape index (κ3) is 4.71. The minimum atomic E-state index is 0.159. The molecule has 0 saturated carbocycles. The van der Waals surface area contributed by atoms with Gasteiger partial charge in [-0.15, -0.1) is 0 Å². The number of rotatable bonds is 5. The summed E-state index contributed by atoms with van der Waals surface area (Å²) in [5, 5.41) is 0.614. The van der Waals surface area contributed by atoms with Gasteiger partial charge in [0.1, 0.15) is 5.75 Å². The summed E-state index contributed by atoms with van der Waals surface area (Å²) in [5.41, 5.74) is 3.09. The van der Waals surface area contributed by atoms with Gasteiger partial charge in [-0.2, -0.15) is 0 Å². The lowest BCUT2D eigenvalue weighted by atomic mass is 10.2. The summed E-state index contributed by atoms with van der Waals surface area (Å²) in [6, 6.07) is 11.9. The summed E-state index contributed by atoms with van der Waals surface area (Å²) < 4.78 is 6.98. The Balaban J connectivity index is 2.16. The molecule has 0 N–H and O–H groups in total. The third-order valence-corrected chi connectivity index (χ3v) is 4.34. The quantitative estimate of drug-likeness (QED) is 0.412. The number of hydrogen-bond acceptors (Lipinski definition) is 2. The maximum atomic E-state index is 6.28. The van der Waals surface area contributed by atoms with E-state index in [9.17, 15) is 0 Å². The van der Waals surface area contributed by atoms with Crippen molar-refractivity contribution in [3.63, 3.8) is 0 Å². The second-order valence-electron chi connectivity index (χ2n) is 5.22. The Morgan fingerprint density at radius 1 is 1.27 bits per heavy atom. The zero-order valence-corrected chi connectivity index (χ0v) is 15.9. The number of nitrogens with zero attached hydrogens (tertiary/aromatic N) is 1. The predicted octanol–water partition coefficient (Wildman–Crippen LogP) is 6.18. The smallest absolute Gasteiger partial charge is 0.138 e. The Hall–Kier alpha value is -1.07. The van der Waals surface area contributed by atoms with Crippen molar-refractivity contribution in [3.05, 3.63) is 56.1 Å². The van der Waals surface area contributed by atoms with Crippen LogP contribution in [0.15, 0.2) is 41.4 Å². The van der Waals surface area contributed by atoms with Crippen LogP contribution >= 0.6 is 34.2 Å². The van der Waals surface area contributed by atoms with Crippen LogP contribution in [0.4, 0.5) is 5.69 Å². The van der Waals surface area contributed by atoms with Gasteiger partial charge in [0.25, 0.3) is 0 Å². The van der Waals surface area contributed by atoms with E-state index in [2.05, 4.69) is 53.6 Å². The first-order chi connectivity index (χ1) is 10.5. The van der Waals surface area contributed by atoms with Crippen LogP contribution in [0.1, 0.15) is 31.4 Å². The number of halogens is 2. The SMILES string of the molecule is CC[C@H](C)Oc1ccc(C=Nc2ccc(I)cc2C)cc1Cl. The monoisotopic (exact) mass is 427 g/mol. The summed E-state index contributed by atoms with van der Waals surface area (Å²) in [6.07, 6.45) is 2.94. The molecule has 2 rings (SSSR count). The van der Waals surface area contributed by atoms with Gasteiger partial charge >= 0.3 is 0 Å². The Morgan fingerprint density at radius 2 is 2.05 bits per heavy atom. The number of benzene rings is 2. The molecule has 0 amide bonds. The van der Waals surface area contributed by atoms with Gasteiger partial charge in [0, 0.05) is 9.78 Å². The highest BCUT2D eigenvalue weighted by Crippen LogP contribution is 2.27. The van der Waals surface area contributed by atoms with Crippen molar-refractivity contribution in [2.75, 3.05) is 0 Å². The Bertz CT molecular complexity index is 685.